The van der Waals surface area contributed by atoms with Gasteiger partial charge in [0.05, 0.1) is 18.6 Å². The van der Waals surface area contributed by atoms with E-state index in [-0.39, 0.29) is 11.9 Å². The zero-order valence-corrected chi connectivity index (χ0v) is 23.9. The van der Waals surface area contributed by atoms with Crippen LogP contribution < -0.4 is 4.74 Å². The Labute approximate surface area is 231 Å². The Morgan fingerprint density at radius 2 is 1.87 bits per heavy atom. The number of hydrogen-bond donors (Lipinski definition) is 0. The minimum atomic E-state index is -3.65. The third-order valence-corrected chi connectivity index (χ3v) is 10.3. The van der Waals surface area contributed by atoms with Crippen molar-refractivity contribution in [2.24, 2.45) is 0 Å². The molecule has 208 valence electrons. The molecule has 5 rings (SSSR count). The van der Waals surface area contributed by atoms with Gasteiger partial charge in [-0.2, -0.15) is 4.31 Å². The first-order valence-electron chi connectivity index (χ1n) is 13.8. The van der Waals surface area contributed by atoms with E-state index in [2.05, 4.69) is 27.8 Å². The summed E-state index contributed by atoms with van der Waals surface area (Å²) in [5, 5.41) is 0. The molecule has 1 atom stereocenters. The first-order valence-corrected chi connectivity index (χ1v) is 15.3. The van der Waals surface area contributed by atoms with Gasteiger partial charge in [0.15, 0.2) is 0 Å². The molecule has 0 saturated carbocycles. The van der Waals surface area contributed by atoms with E-state index in [1.807, 2.05) is 31.0 Å². The van der Waals surface area contributed by atoms with Gasteiger partial charge in [0.1, 0.15) is 5.75 Å². The van der Waals surface area contributed by atoms with Gasteiger partial charge in [0.2, 0.25) is 15.9 Å². The predicted molar refractivity (Wildman–Crippen MR) is 151 cm³/mol. The van der Waals surface area contributed by atoms with Crippen molar-refractivity contribution in [1.82, 2.24) is 18.8 Å². The molecule has 39 heavy (non-hydrogen) atoms. The number of methoxy groups -OCH3 is 1. The molecule has 1 unspecified atom stereocenters. The first-order chi connectivity index (χ1) is 18.8. The number of sulfonamides is 1. The Kier molecular flexibility index (Phi) is 8.09. The summed E-state index contributed by atoms with van der Waals surface area (Å²) < 4.78 is 36.9. The average Bonchev–Trinajstić information content (AvgIpc) is 3.36. The van der Waals surface area contributed by atoms with Gasteiger partial charge < -0.3 is 14.2 Å². The Balaban J connectivity index is 1.21. The number of aromatic nitrogens is 2. The second kappa shape index (κ2) is 11.5. The highest BCUT2D eigenvalue weighted by molar-refractivity contribution is 7.89. The number of ether oxygens (including phenoxy) is 1. The van der Waals surface area contributed by atoms with Gasteiger partial charge in [-0.3, -0.25) is 9.78 Å². The van der Waals surface area contributed by atoms with E-state index >= 15 is 0 Å². The Morgan fingerprint density at radius 3 is 2.59 bits per heavy atom. The van der Waals surface area contributed by atoms with Gasteiger partial charge in [-0.25, -0.2) is 8.42 Å². The average molecular weight is 551 g/mol. The van der Waals surface area contributed by atoms with Crippen LogP contribution in [0.25, 0.3) is 11.3 Å². The maximum absolute atomic E-state index is 13.8. The van der Waals surface area contributed by atoms with Crippen molar-refractivity contribution in [2.75, 3.05) is 20.2 Å². The number of pyridine rings is 1. The number of benzene rings is 1. The molecule has 0 spiro atoms. The van der Waals surface area contributed by atoms with Gasteiger partial charge in [0.25, 0.3) is 0 Å². The lowest BCUT2D eigenvalue weighted by molar-refractivity contribution is -0.132. The van der Waals surface area contributed by atoms with Crippen molar-refractivity contribution in [3.63, 3.8) is 0 Å². The minimum absolute atomic E-state index is 0.0851. The van der Waals surface area contributed by atoms with Crippen LogP contribution in [-0.2, 0) is 27.9 Å². The van der Waals surface area contributed by atoms with Crippen LogP contribution in [0.15, 0.2) is 53.7 Å². The lowest BCUT2D eigenvalue weighted by Crippen LogP contribution is -2.44. The number of nitrogens with zero attached hydrogens (tertiary/aromatic N) is 4. The third-order valence-electron chi connectivity index (χ3n) is 8.06. The second-order valence-corrected chi connectivity index (χ2v) is 12.5. The fourth-order valence-electron chi connectivity index (χ4n) is 6.16. The van der Waals surface area contributed by atoms with Gasteiger partial charge in [-0.1, -0.05) is 6.42 Å². The van der Waals surface area contributed by atoms with Gasteiger partial charge in [-0.05, 0) is 87.1 Å². The Bertz CT molecular complexity index is 1410. The van der Waals surface area contributed by atoms with Crippen molar-refractivity contribution in [3.05, 3.63) is 65.6 Å². The fraction of sp³-hybridized carbons (Fsp3) is 0.467. The lowest BCUT2D eigenvalue weighted by atomic mass is 9.99. The quantitative estimate of drug-likeness (QED) is 0.397. The summed E-state index contributed by atoms with van der Waals surface area (Å²) >= 11 is 0. The van der Waals surface area contributed by atoms with Gasteiger partial charge >= 0.3 is 0 Å². The normalized spacial score (nSPS) is 18.1. The van der Waals surface area contributed by atoms with Crippen molar-refractivity contribution in [2.45, 2.75) is 76.4 Å². The molecule has 0 radical (unpaired) electrons. The van der Waals surface area contributed by atoms with Crippen molar-refractivity contribution in [3.8, 4) is 17.0 Å². The van der Waals surface area contributed by atoms with Crippen LogP contribution in [0.1, 0.15) is 55.3 Å². The number of aryl methyl sites for hydroxylation is 2. The third kappa shape index (κ3) is 5.61. The van der Waals surface area contributed by atoms with Gasteiger partial charge in [0, 0.05) is 61.4 Å². The van der Waals surface area contributed by atoms with Crippen molar-refractivity contribution >= 4 is 15.9 Å². The number of rotatable bonds is 8. The number of hydrogen-bond acceptors (Lipinski definition) is 5. The fourth-order valence-corrected chi connectivity index (χ4v) is 8.30. The van der Waals surface area contributed by atoms with E-state index in [1.165, 1.54) is 0 Å². The summed E-state index contributed by atoms with van der Waals surface area (Å²) in [4.78, 5) is 19.7. The molecule has 1 aromatic carbocycles. The number of amides is 1. The van der Waals surface area contributed by atoms with Crippen LogP contribution in [0.4, 0.5) is 0 Å². The summed E-state index contributed by atoms with van der Waals surface area (Å²) in [6.07, 6.45) is 8.13. The van der Waals surface area contributed by atoms with Crippen LogP contribution in [0.5, 0.6) is 5.75 Å². The standard InChI is InChI=1S/C30H38N4O4S/c1-22-18-27(38-3)19-23(2)30(22)39(36,37)34-15-5-4-9-25(34)10-6-11-29(35)32-16-17-33-26(21-32)12-13-28(33)24-8-7-14-31-20-24/h7-8,12-14,18-20,25H,4-6,9-11,15-17,21H2,1-3H3. The molecule has 2 aliphatic rings. The lowest BCUT2D eigenvalue weighted by Gasteiger charge is -2.36. The van der Waals surface area contributed by atoms with Crippen molar-refractivity contribution < 1.29 is 17.9 Å². The van der Waals surface area contributed by atoms with Gasteiger partial charge in [-0.15, -0.1) is 0 Å². The molecular weight excluding hydrogens is 512 g/mol. The highest BCUT2D eigenvalue weighted by Gasteiger charge is 2.35. The molecule has 1 fully saturated rings. The molecule has 3 aromatic rings. The van der Waals surface area contributed by atoms with E-state index in [4.69, 9.17) is 4.74 Å². The molecule has 2 aromatic heterocycles. The summed E-state index contributed by atoms with van der Waals surface area (Å²) in [5.74, 6) is 0.799. The monoisotopic (exact) mass is 550 g/mol. The molecule has 0 aliphatic carbocycles. The number of carbonyl (C=O) groups is 1. The topological polar surface area (TPSA) is 84.7 Å². The predicted octanol–water partition coefficient (Wildman–Crippen LogP) is 4.93. The van der Waals surface area contributed by atoms with Crippen LogP contribution >= 0.6 is 0 Å². The summed E-state index contributed by atoms with van der Waals surface area (Å²) in [6, 6.07) is 11.7. The molecular formula is C30H38N4O4S. The zero-order chi connectivity index (χ0) is 27.6. The van der Waals surface area contributed by atoms with E-state index in [0.717, 1.165) is 42.8 Å². The summed E-state index contributed by atoms with van der Waals surface area (Å²) in [7, 11) is -2.06. The molecule has 0 bridgehead atoms. The maximum atomic E-state index is 13.8. The zero-order valence-electron chi connectivity index (χ0n) is 23.1. The number of piperidine rings is 1. The van der Waals surface area contributed by atoms with Crippen LogP contribution in [0.2, 0.25) is 0 Å². The number of carbonyl (C=O) groups excluding carboxylic acids is 1. The smallest absolute Gasteiger partial charge is 0.243 e. The first kappa shape index (κ1) is 27.4. The molecule has 0 N–H and O–H groups in total. The Morgan fingerprint density at radius 1 is 1.08 bits per heavy atom. The number of fused-ring (bicyclic) bond motifs is 1. The minimum Gasteiger partial charge on any atom is -0.497 e. The summed E-state index contributed by atoms with van der Waals surface area (Å²) in [6.45, 7) is 6.21. The van der Waals surface area contributed by atoms with Crippen molar-refractivity contribution in [1.29, 1.82) is 0 Å². The van der Waals surface area contributed by atoms with E-state index in [0.29, 0.717) is 60.7 Å². The molecule has 1 saturated heterocycles. The Hall–Kier alpha value is -3.17. The molecule has 4 heterocycles. The largest absolute Gasteiger partial charge is 0.497 e. The highest BCUT2D eigenvalue weighted by atomic mass is 32.2. The van der Waals surface area contributed by atoms with E-state index in [1.54, 1.807) is 29.7 Å². The molecule has 2 aliphatic heterocycles. The molecule has 9 heteroatoms. The van der Waals surface area contributed by atoms with E-state index < -0.39 is 10.0 Å². The van der Waals surface area contributed by atoms with E-state index in [9.17, 15) is 13.2 Å². The van der Waals surface area contributed by atoms with Crippen LogP contribution in [0, 0.1) is 13.8 Å². The molecule has 8 nitrogen and oxygen atoms in total. The highest BCUT2D eigenvalue weighted by Crippen LogP contribution is 2.33. The van der Waals surface area contributed by atoms with Crippen LogP contribution in [-0.4, -0.2) is 59.3 Å². The van der Waals surface area contributed by atoms with Crippen LogP contribution in [0.3, 0.4) is 0 Å². The maximum Gasteiger partial charge on any atom is 0.243 e. The SMILES string of the molecule is COc1cc(C)c(S(=O)(=O)N2CCCCC2CCCC(=O)N2CCn3c(ccc3-c3cccnc3)C2)c(C)c1. The molecule has 1 amide bonds. The summed E-state index contributed by atoms with van der Waals surface area (Å²) in [5.41, 5.74) is 4.74. The second-order valence-electron chi connectivity index (χ2n) is 10.7.